The SMILES string of the molecule is Cc1nn(CC(C)C)c(Cl)c1/C=C/C(=O)O[C@@H](C)C(=O)N1CCNC1=O. The Labute approximate surface area is 157 Å². The third kappa shape index (κ3) is 4.63. The highest BCUT2D eigenvalue weighted by molar-refractivity contribution is 6.31. The summed E-state index contributed by atoms with van der Waals surface area (Å²) in [6, 6.07) is -0.478. The van der Waals surface area contributed by atoms with Gasteiger partial charge in [0.2, 0.25) is 0 Å². The number of hydrogen-bond acceptors (Lipinski definition) is 5. The molecule has 0 radical (unpaired) electrons. The summed E-state index contributed by atoms with van der Waals surface area (Å²) in [4.78, 5) is 36.6. The number of aromatic nitrogens is 2. The lowest BCUT2D eigenvalue weighted by atomic mass is 10.2. The number of urea groups is 1. The summed E-state index contributed by atoms with van der Waals surface area (Å²) in [5, 5.41) is 7.32. The zero-order chi connectivity index (χ0) is 19.4. The molecule has 2 rings (SSSR count). The normalized spacial score (nSPS) is 15.6. The van der Waals surface area contributed by atoms with E-state index in [9.17, 15) is 14.4 Å². The third-order valence-corrected chi connectivity index (χ3v) is 4.20. The van der Waals surface area contributed by atoms with Crippen LogP contribution < -0.4 is 5.32 Å². The van der Waals surface area contributed by atoms with Gasteiger partial charge in [-0.2, -0.15) is 5.10 Å². The van der Waals surface area contributed by atoms with E-state index in [1.165, 1.54) is 19.1 Å². The molecule has 9 heteroatoms. The molecule has 0 unspecified atom stereocenters. The fraction of sp³-hybridized carbons (Fsp3) is 0.529. The second kappa shape index (κ2) is 8.35. The lowest BCUT2D eigenvalue weighted by Gasteiger charge is -2.17. The van der Waals surface area contributed by atoms with Gasteiger partial charge in [-0.05, 0) is 25.8 Å². The Kier molecular flexibility index (Phi) is 6.42. The molecule has 1 N–H and O–H groups in total. The number of carbonyl (C=O) groups excluding carboxylic acids is 3. The number of esters is 1. The molecule has 0 aliphatic carbocycles. The van der Waals surface area contributed by atoms with Gasteiger partial charge < -0.3 is 10.1 Å². The van der Waals surface area contributed by atoms with Gasteiger partial charge in [-0.3, -0.25) is 14.4 Å². The van der Waals surface area contributed by atoms with Gasteiger partial charge in [0.15, 0.2) is 6.10 Å². The van der Waals surface area contributed by atoms with Crippen LogP contribution in [-0.4, -0.2) is 51.8 Å². The quantitative estimate of drug-likeness (QED) is 0.600. The molecule has 8 nitrogen and oxygen atoms in total. The van der Waals surface area contributed by atoms with Crippen molar-refractivity contribution in [3.63, 3.8) is 0 Å². The topological polar surface area (TPSA) is 93.5 Å². The Morgan fingerprint density at radius 1 is 1.38 bits per heavy atom. The van der Waals surface area contributed by atoms with Crippen molar-refractivity contribution < 1.29 is 19.1 Å². The molecule has 1 aromatic heterocycles. The van der Waals surface area contributed by atoms with E-state index >= 15 is 0 Å². The van der Waals surface area contributed by atoms with Crippen LogP contribution in [0.15, 0.2) is 6.08 Å². The van der Waals surface area contributed by atoms with Crippen molar-refractivity contribution >= 4 is 35.6 Å². The average molecular weight is 383 g/mol. The molecular formula is C17H23ClN4O4. The number of aryl methyl sites for hydroxylation is 1. The monoisotopic (exact) mass is 382 g/mol. The van der Waals surface area contributed by atoms with Crippen molar-refractivity contribution in [3.05, 3.63) is 22.5 Å². The number of nitrogens with zero attached hydrogens (tertiary/aromatic N) is 3. The van der Waals surface area contributed by atoms with Crippen molar-refractivity contribution in [3.8, 4) is 0 Å². The van der Waals surface area contributed by atoms with E-state index in [4.69, 9.17) is 16.3 Å². The fourth-order valence-corrected chi connectivity index (χ4v) is 2.85. The maximum absolute atomic E-state index is 12.1. The first kappa shape index (κ1) is 20.0. The minimum Gasteiger partial charge on any atom is -0.449 e. The molecule has 1 aliphatic rings. The number of ether oxygens (including phenoxy) is 1. The molecule has 26 heavy (non-hydrogen) atoms. The van der Waals surface area contributed by atoms with Crippen LogP contribution in [-0.2, 0) is 20.9 Å². The summed E-state index contributed by atoms with van der Waals surface area (Å²) in [7, 11) is 0. The standard InChI is InChI=1S/C17H23ClN4O4/c1-10(2)9-22-15(18)13(11(3)20-22)5-6-14(23)26-12(4)16(24)21-8-7-19-17(21)25/h5-6,10,12H,7-9H2,1-4H3,(H,19,25)/b6-5+/t12-/m0/s1. The predicted molar refractivity (Wildman–Crippen MR) is 96.5 cm³/mol. The second-order valence-corrected chi connectivity index (χ2v) is 6.86. The summed E-state index contributed by atoms with van der Waals surface area (Å²) in [5.74, 6) is -0.874. The number of rotatable bonds is 6. The Morgan fingerprint density at radius 3 is 2.65 bits per heavy atom. The van der Waals surface area contributed by atoms with Crippen LogP contribution in [0.2, 0.25) is 5.15 Å². The molecular weight excluding hydrogens is 360 g/mol. The van der Waals surface area contributed by atoms with Crippen molar-refractivity contribution in [1.82, 2.24) is 20.0 Å². The van der Waals surface area contributed by atoms with Crippen LogP contribution in [0.4, 0.5) is 4.79 Å². The summed E-state index contributed by atoms with van der Waals surface area (Å²) in [5.41, 5.74) is 1.32. The van der Waals surface area contributed by atoms with E-state index in [2.05, 4.69) is 24.3 Å². The highest BCUT2D eigenvalue weighted by Gasteiger charge is 2.31. The van der Waals surface area contributed by atoms with Gasteiger partial charge in [0.25, 0.3) is 5.91 Å². The van der Waals surface area contributed by atoms with E-state index < -0.39 is 24.0 Å². The number of halogens is 1. The van der Waals surface area contributed by atoms with Gasteiger partial charge in [-0.15, -0.1) is 0 Å². The highest BCUT2D eigenvalue weighted by Crippen LogP contribution is 2.22. The predicted octanol–water partition coefficient (Wildman–Crippen LogP) is 2.00. The Morgan fingerprint density at radius 2 is 2.08 bits per heavy atom. The number of imide groups is 1. The van der Waals surface area contributed by atoms with Gasteiger partial charge >= 0.3 is 12.0 Å². The fourth-order valence-electron chi connectivity index (χ4n) is 2.54. The molecule has 0 bridgehead atoms. The Bertz CT molecular complexity index is 741. The van der Waals surface area contributed by atoms with Crippen molar-refractivity contribution in [2.75, 3.05) is 13.1 Å². The summed E-state index contributed by atoms with van der Waals surface area (Å²) in [6.07, 6.45) is 1.66. The molecule has 0 aromatic carbocycles. The van der Waals surface area contributed by atoms with Crippen molar-refractivity contribution in [2.24, 2.45) is 5.92 Å². The summed E-state index contributed by atoms with van der Waals surface area (Å²) < 4.78 is 6.76. The van der Waals surface area contributed by atoms with E-state index in [0.29, 0.717) is 35.4 Å². The first-order chi connectivity index (χ1) is 12.2. The van der Waals surface area contributed by atoms with E-state index in [0.717, 1.165) is 4.90 Å². The van der Waals surface area contributed by atoms with Crippen LogP contribution in [0.5, 0.6) is 0 Å². The van der Waals surface area contributed by atoms with Crippen LogP contribution in [0.1, 0.15) is 32.0 Å². The lowest BCUT2D eigenvalue weighted by Crippen LogP contribution is -2.41. The molecule has 1 saturated heterocycles. The van der Waals surface area contributed by atoms with Crippen molar-refractivity contribution in [1.29, 1.82) is 0 Å². The van der Waals surface area contributed by atoms with Gasteiger partial charge in [-0.25, -0.2) is 9.59 Å². The largest absolute Gasteiger partial charge is 0.449 e. The molecule has 1 aromatic rings. The highest BCUT2D eigenvalue weighted by atomic mass is 35.5. The van der Waals surface area contributed by atoms with E-state index in [-0.39, 0.29) is 6.54 Å². The number of carbonyl (C=O) groups is 3. The third-order valence-electron chi connectivity index (χ3n) is 3.80. The van der Waals surface area contributed by atoms with Crippen LogP contribution in [0.25, 0.3) is 6.08 Å². The van der Waals surface area contributed by atoms with Gasteiger partial charge in [0, 0.05) is 31.3 Å². The van der Waals surface area contributed by atoms with Gasteiger partial charge in [-0.1, -0.05) is 25.4 Å². The van der Waals surface area contributed by atoms with E-state index in [1.54, 1.807) is 11.6 Å². The summed E-state index contributed by atoms with van der Waals surface area (Å²) >= 11 is 6.31. The average Bonchev–Trinajstić information content (AvgIpc) is 3.08. The molecule has 1 atom stereocenters. The van der Waals surface area contributed by atoms with Crippen LogP contribution in [0, 0.1) is 12.8 Å². The zero-order valence-corrected chi connectivity index (χ0v) is 16.0. The number of amides is 3. The zero-order valence-electron chi connectivity index (χ0n) is 15.3. The first-order valence-electron chi connectivity index (χ1n) is 8.41. The molecule has 1 fully saturated rings. The maximum atomic E-state index is 12.1. The van der Waals surface area contributed by atoms with Crippen molar-refractivity contribution in [2.45, 2.75) is 40.3 Å². The minimum absolute atomic E-state index is 0.263. The van der Waals surface area contributed by atoms with Crippen LogP contribution in [0.3, 0.4) is 0 Å². The first-order valence-corrected chi connectivity index (χ1v) is 8.79. The molecule has 1 aliphatic heterocycles. The minimum atomic E-state index is -1.06. The second-order valence-electron chi connectivity index (χ2n) is 6.50. The molecule has 0 spiro atoms. The Balaban J connectivity index is 2.00. The molecule has 2 heterocycles. The molecule has 3 amide bonds. The smallest absolute Gasteiger partial charge is 0.331 e. The summed E-state index contributed by atoms with van der Waals surface area (Å²) in [6.45, 7) is 8.66. The number of nitrogens with one attached hydrogen (secondary N) is 1. The maximum Gasteiger partial charge on any atom is 0.331 e. The number of hydrogen-bond donors (Lipinski definition) is 1. The van der Waals surface area contributed by atoms with Gasteiger partial charge in [0.05, 0.1) is 5.69 Å². The molecule has 0 saturated carbocycles. The van der Waals surface area contributed by atoms with Crippen LogP contribution >= 0.6 is 11.6 Å². The lowest BCUT2D eigenvalue weighted by molar-refractivity contribution is -0.153. The van der Waals surface area contributed by atoms with Gasteiger partial charge in [0.1, 0.15) is 5.15 Å². The van der Waals surface area contributed by atoms with E-state index in [1.807, 2.05) is 0 Å². The Hall–Kier alpha value is -2.35. The molecule has 142 valence electrons.